The number of amides is 1. The summed E-state index contributed by atoms with van der Waals surface area (Å²) in [6.45, 7) is 2.30. The van der Waals surface area contributed by atoms with Crippen LogP contribution in [0.2, 0.25) is 0 Å². The maximum absolute atomic E-state index is 12.5. The highest BCUT2D eigenvalue weighted by Gasteiger charge is 2.29. The smallest absolute Gasteiger partial charge is 0.270 e. The lowest BCUT2D eigenvalue weighted by molar-refractivity contribution is -0.385. The number of carbonyl (C=O) groups excluding carboxylic acids is 1. The van der Waals surface area contributed by atoms with Crippen molar-refractivity contribution in [3.8, 4) is 0 Å². The summed E-state index contributed by atoms with van der Waals surface area (Å²) < 4.78 is 26.0. The van der Waals surface area contributed by atoms with Gasteiger partial charge in [0, 0.05) is 31.8 Å². The number of non-ortho nitro benzene ring substituents is 1. The zero-order valence-electron chi connectivity index (χ0n) is 13.7. The van der Waals surface area contributed by atoms with E-state index in [1.165, 1.54) is 25.2 Å². The molecule has 1 atom stereocenters. The second kappa shape index (κ2) is 7.27. The molecule has 1 aliphatic rings. The summed E-state index contributed by atoms with van der Waals surface area (Å²) in [5.41, 5.74) is -0.305. The van der Waals surface area contributed by atoms with Crippen LogP contribution in [0.3, 0.4) is 0 Å². The Morgan fingerprint density at radius 3 is 2.75 bits per heavy atom. The van der Waals surface area contributed by atoms with Gasteiger partial charge in [-0.15, -0.1) is 0 Å². The van der Waals surface area contributed by atoms with Gasteiger partial charge in [0.15, 0.2) is 0 Å². The number of hydrogen-bond acceptors (Lipinski definition) is 5. The molecule has 1 aromatic carbocycles. The van der Waals surface area contributed by atoms with E-state index in [0.29, 0.717) is 6.54 Å². The number of carbonyl (C=O) groups is 1. The van der Waals surface area contributed by atoms with E-state index < -0.39 is 14.9 Å². The summed E-state index contributed by atoms with van der Waals surface area (Å²) in [4.78, 5) is 24.0. The van der Waals surface area contributed by atoms with Crippen molar-refractivity contribution in [2.24, 2.45) is 0 Å². The molecular formula is C15H21N3O5S. The summed E-state index contributed by atoms with van der Waals surface area (Å²) in [6.07, 6.45) is 2.89. The fourth-order valence-electron chi connectivity index (χ4n) is 2.77. The van der Waals surface area contributed by atoms with Crippen molar-refractivity contribution in [1.82, 2.24) is 9.21 Å². The van der Waals surface area contributed by atoms with Gasteiger partial charge >= 0.3 is 0 Å². The lowest BCUT2D eigenvalue weighted by atomic mass is 10.0. The van der Waals surface area contributed by atoms with Crippen LogP contribution in [0.15, 0.2) is 29.2 Å². The molecule has 1 heterocycles. The van der Waals surface area contributed by atoms with Gasteiger partial charge in [-0.25, -0.2) is 8.42 Å². The summed E-state index contributed by atoms with van der Waals surface area (Å²) in [5, 5.41) is 10.8. The molecule has 0 N–H and O–H groups in total. The Morgan fingerprint density at radius 1 is 1.42 bits per heavy atom. The third kappa shape index (κ3) is 3.90. The molecule has 0 aromatic heterocycles. The first-order chi connectivity index (χ1) is 11.2. The van der Waals surface area contributed by atoms with Gasteiger partial charge in [-0.05, 0) is 32.3 Å². The Kier molecular flexibility index (Phi) is 5.55. The molecule has 1 aliphatic heterocycles. The molecule has 0 spiro atoms. The number of nitro groups is 1. The quantitative estimate of drug-likeness (QED) is 0.590. The Hall–Kier alpha value is -2.00. The van der Waals surface area contributed by atoms with Gasteiger partial charge in [0.2, 0.25) is 15.9 Å². The molecule has 1 amide bonds. The van der Waals surface area contributed by atoms with Crippen molar-refractivity contribution >= 4 is 21.6 Å². The molecule has 0 bridgehead atoms. The zero-order valence-corrected chi connectivity index (χ0v) is 14.5. The second-order valence-corrected chi connectivity index (χ2v) is 7.99. The highest BCUT2D eigenvalue weighted by atomic mass is 32.2. The van der Waals surface area contributed by atoms with E-state index in [1.54, 1.807) is 4.90 Å². The van der Waals surface area contributed by atoms with Crippen molar-refractivity contribution in [2.75, 3.05) is 20.1 Å². The summed E-state index contributed by atoms with van der Waals surface area (Å²) in [6, 6.07) is 4.92. The molecule has 0 radical (unpaired) electrons. The number of nitro benzene ring substituents is 1. The first-order valence-electron chi connectivity index (χ1n) is 7.73. The van der Waals surface area contributed by atoms with Crippen molar-refractivity contribution in [1.29, 1.82) is 0 Å². The van der Waals surface area contributed by atoms with Gasteiger partial charge in [0.1, 0.15) is 0 Å². The number of hydrogen-bond donors (Lipinski definition) is 0. The fraction of sp³-hybridized carbons (Fsp3) is 0.533. The standard InChI is InChI=1S/C15H21N3O5S/c1-12-6-3-4-9-17(12)15(19)11-16(2)24(22,23)14-8-5-7-13(10-14)18(20)21/h5,7-8,10,12H,3-4,6,9,11H2,1-2H3. The topological polar surface area (TPSA) is 101 Å². The van der Waals surface area contributed by atoms with E-state index in [-0.39, 0.29) is 29.1 Å². The van der Waals surface area contributed by atoms with Crippen LogP contribution in [0, 0.1) is 10.1 Å². The Labute approximate surface area is 141 Å². The number of nitrogens with zero attached hydrogens (tertiary/aromatic N) is 3. The molecule has 9 heteroatoms. The number of sulfonamides is 1. The predicted octanol–water partition coefficient (Wildman–Crippen LogP) is 1.62. The minimum Gasteiger partial charge on any atom is -0.339 e. The van der Waals surface area contributed by atoms with E-state index in [0.717, 1.165) is 29.6 Å². The van der Waals surface area contributed by atoms with Crippen LogP contribution < -0.4 is 0 Å². The van der Waals surface area contributed by atoms with Crippen LogP contribution >= 0.6 is 0 Å². The number of benzene rings is 1. The van der Waals surface area contributed by atoms with Crippen molar-refractivity contribution in [2.45, 2.75) is 37.1 Å². The molecule has 132 valence electrons. The first-order valence-corrected chi connectivity index (χ1v) is 9.17. The molecule has 24 heavy (non-hydrogen) atoms. The maximum atomic E-state index is 12.5. The molecule has 8 nitrogen and oxygen atoms in total. The van der Waals surface area contributed by atoms with E-state index in [4.69, 9.17) is 0 Å². The van der Waals surface area contributed by atoms with Crippen LogP contribution in [0.5, 0.6) is 0 Å². The third-order valence-corrected chi connectivity index (χ3v) is 6.02. The molecule has 1 saturated heterocycles. The first kappa shape index (κ1) is 18.3. The van der Waals surface area contributed by atoms with Crippen molar-refractivity contribution in [3.05, 3.63) is 34.4 Å². The van der Waals surface area contributed by atoms with Crippen LogP contribution in [0.25, 0.3) is 0 Å². The minimum absolute atomic E-state index is 0.0974. The number of likely N-dealkylation sites (N-methyl/N-ethyl adjacent to an activating group) is 1. The van der Waals surface area contributed by atoms with E-state index in [9.17, 15) is 23.3 Å². The monoisotopic (exact) mass is 355 g/mol. The second-order valence-electron chi connectivity index (χ2n) is 5.95. The number of piperidine rings is 1. The summed E-state index contributed by atoms with van der Waals surface area (Å²) in [7, 11) is -2.66. The SMILES string of the molecule is CC1CCCCN1C(=O)CN(C)S(=O)(=O)c1cccc([N+](=O)[O-])c1. The van der Waals surface area contributed by atoms with E-state index >= 15 is 0 Å². The van der Waals surface area contributed by atoms with Gasteiger partial charge in [-0.3, -0.25) is 14.9 Å². The molecule has 0 aliphatic carbocycles. The van der Waals surface area contributed by atoms with Crippen LogP contribution in [0.4, 0.5) is 5.69 Å². The molecular weight excluding hydrogens is 334 g/mol. The largest absolute Gasteiger partial charge is 0.339 e. The van der Waals surface area contributed by atoms with Gasteiger partial charge in [-0.1, -0.05) is 6.07 Å². The van der Waals surface area contributed by atoms with E-state index in [1.807, 2.05) is 6.92 Å². The summed E-state index contributed by atoms with van der Waals surface area (Å²) >= 11 is 0. The maximum Gasteiger partial charge on any atom is 0.270 e. The van der Waals surface area contributed by atoms with Crippen molar-refractivity contribution in [3.63, 3.8) is 0 Å². The lowest BCUT2D eigenvalue weighted by Gasteiger charge is -2.34. The number of rotatable bonds is 5. The van der Waals surface area contributed by atoms with Crippen LogP contribution in [-0.2, 0) is 14.8 Å². The minimum atomic E-state index is -3.96. The van der Waals surface area contributed by atoms with Crippen LogP contribution in [-0.4, -0.2) is 54.6 Å². The molecule has 2 rings (SSSR count). The highest BCUT2D eigenvalue weighted by Crippen LogP contribution is 2.21. The fourth-order valence-corrected chi connectivity index (χ4v) is 3.93. The zero-order chi connectivity index (χ0) is 17.9. The van der Waals surface area contributed by atoms with Gasteiger partial charge in [0.25, 0.3) is 5.69 Å². The molecule has 1 unspecified atom stereocenters. The Bertz CT molecular complexity index is 734. The van der Waals surface area contributed by atoms with Crippen LogP contribution in [0.1, 0.15) is 26.2 Å². The van der Waals surface area contributed by atoms with Gasteiger partial charge < -0.3 is 4.90 Å². The Morgan fingerprint density at radius 2 is 2.12 bits per heavy atom. The summed E-state index contributed by atoms with van der Waals surface area (Å²) in [5.74, 6) is -0.251. The molecule has 1 fully saturated rings. The molecule has 1 aromatic rings. The van der Waals surface area contributed by atoms with Gasteiger partial charge in [-0.2, -0.15) is 4.31 Å². The predicted molar refractivity (Wildman–Crippen MR) is 87.9 cm³/mol. The van der Waals surface area contributed by atoms with E-state index in [2.05, 4.69) is 0 Å². The third-order valence-electron chi connectivity index (χ3n) is 4.22. The molecule has 0 saturated carbocycles. The lowest BCUT2D eigenvalue weighted by Crippen LogP contribution is -2.47. The highest BCUT2D eigenvalue weighted by molar-refractivity contribution is 7.89. The van der Waals surface area contributed by atoms with Crippen molar-refractivity contribution < 1.29 is 18.1 Å². The van der Waals surface area contributed by atoms with Gasteiger partial charge in [0.05, 0.1) is 16.4 Å². The average molecular weight is 355 g/mol. The Balaban J connectivity index is 2.15. The number of likely N-dealkylation sites (tertiary alicyclic amines) is 1. The average Bonchev–Trinajstić information content (AvgIpc) is 2.55. The normalized spacial score (nSPS) is 18.6.